The summed E-state index contributed by atoms with van der Waals surface area (Å²) in [7, 11) is 0. The molecule has 0 radical (unpaired) electrons. The third-order valence-electron chi connectivity index (χ3n) is 3.22. The van der Waals surface area contributed by atoms with Gasteiger partial charge in [0.1, 0.15) is 0 Å². The van der Waals surface area contributed by atoms with Crippen molar-refractivity contribution in [1.82, 2.24) is 0 Å². The van der Waals surface area contributed by atoms with Gasteiger partial charge in [-0.15, -0.1) is 0 Å². The molecule has 0 heterocycles. The lowest BCUT2D eigenvalue weighted by molar-refractivity contribution is -0.137. The van der Waals surface area contributed by atoms with Crippen molar-refractivity contribution in [3.63, 3.8) is 0 Å². The Kier molecular flexibility index (Phi) is 13.7. The number of carbonyl (C=O) groups is 1. The highest BCUT2D eigenvalue weighted by molar-refractivity contribution is 5.66. The van der Waals surface area contributed by atoms with Crippen LogP contribution >= 0.6 is 0 Å². The molecule has 0 spiro atoms. The number of carboxylic acids is 1. The van der Waals surface area contributed by atoms with Gasteiger partial charge in [0.2, 0.25) is 0 Å². The highest BCUT2D eigenvalue weighted by Gasteiger charge is 1.93. The van der Waals surface area contributed by atoms with E-state index in [1.807, 2.05) is 0 Å². The summed E-state index contributed by atoms with van der Waals surface area (Å²) in [4.78, 5) is 10.3. The normalized spacial score (nSPS) is 14.0. The first-order chi connectivity index (χ1) is 10.2. The molecular weight excluding hydrogens is 260 g/mol. The maximum atomic E-state index is 10.3. The second-order valence-electron chi connectivity index (χ2n) is 5.25. The number of hydrogen-bond donors (Lipinski definition) is 1. The zero-order valence-corrected chi connectivity index (χ0v) is 13.5. The van der Waals surface area contributed by atoms with E-state index < -0.39 is 5.97 Å². The molecular formula is C19H30O2. The van der Waals surface area contributed by atoms with Crippen molar-refractivity contribution >= 4 is 5.97 Å². The van der Waals surface area contributed by atoms with Crippen LogP contribution in [-0.2, 0) is 4.79 Å². The Bertz CT molecular complexity index is 362. The lowest BCUT2D eigenvalue weighted by atomic mass is 10.1. The standard InChI is InChI=1S/C19H30O2/c1-3-18(2)16-14-12-10-8-6-4-5-7-9-11-13-15-17-19(20)21/h4,6-7,9-10,12,14,16,18H,3,5,8,11,13,15,17H2,1-2H3,(H,20,21)/b6-4-,9-7-,12-10-,16-14+. The van der Waals surface area contributed by atoms with Crippen LogP contribution in [-0.4, -0.2) is 11.1 Å². The van der Waals surface area contributed by atoms with E-state index in [4.69, 9.17) is 5.11 Å². The van der Waals surface area contributed by atoms with Gasteiger partial charge in [0, 0.05) is 6.42 Å². The third kappa shape index (κ3) is 16.4. The quantitative estimate of drug-likeness (QED) is 0.285. The first-order valence-electron chi connectivity index (χ1n) is 8.02. The molecule has 0 fully saturated rings. The van der Waals surface area contributed by atoms with Gasteiger partial charge >= 0.3 is 5.97 Å². The zero-order valence-electron chi connectivity index (χ0n) is 13.5. The largest absolute Gasteiger partial charge is 0.481 e. The van der Waals surface area contributed by atoms with Crippen molar-refractivity contribution in [2.24, 2.45) is 5.92 Å². The molecule has 0 aliphatic carbocycles. The number of allylic oxidation sites excluding steroid dienone is 8. The van der Waals surface area contributed by atoms with Gasteiger partial charge < -0.3 is 5.11 Å². The van der Waals surface area contributed by atoms with E-state index in [1.54, 1.807) is 0 Å². The summed E-state index contributed by atoms with van der Waals surface area (Å²) in [6, 6.07) is 0. The molecule has 1 atom stereocenters. The maximum Gasteiger partial charge on any atom is 0.303 e. The molecule has 0 saturated heterocycles. The summed E-state index contributed by atoms with van der Waals surface area (Å²) in [5.74, 6) is -0.0419. The Labute approximate surface area is 130 Å². The SMILES string of the molecule is CCC(C)/C=C/C=C\C/C=C\C/C=C\CCCCC(=O)O. The lowest BCUT2D eigenvalue weighted by Gasteiger charge is -1.96. The van der Waals surface area contributed by atoms with Gasteiger partial charge in [-0.25, -0.2) is 0 Å². The van der Waals surface area contributed by atoms with Crippen molar-refractivity contribution in [2.45, 2.75) is 58.8 Å². The number of rotatable bonds is 12. The molecule has 0 aliphatic rings. The zero-order chi connectivity index (χ0) is 15.8. The van der Waals surface area contributed by atoms with Crippen molar-refractivity contribution < 1.29 is 9.90 Å². The smallest absolute Gasteiger partial charge is 0.303 e. The highest BCUT2D eigenvalue weighted by Crippen LogP contribution is 2.02. The summed E-state index contributed by atoms with van der Waals surface area (Å²) < 4.78 is 0. The van der Waals surface area contributed by atoms with Gasteiger partial charge in [-0.3, -0.25) is 4.79 Å². The van der Waals surface area contributed by atoms with Crippen LogP contribution in [0.3, 0.4) is 0 Å². The summed E-state index contributed by atoms with van der Waals surface area (Å²) in [5.41, 5.74) is 0. The van der Waals surface area contributed by atoms with Crippen LogP contribution in [0.25, 0.3) is 0 Å². The Morgan fingerprint density at radius 1 is 1.00 bits per heavy atom. The van der Waals surface area contributed by atoms with E-state index in [9.17, 15) is 4.79 Å². The minimum atomic E-state index is -0.700. The van der Waals surface area contributed by atoms with Gasteiger partial charge in [0.05, 0.1) is 0 Å². The van der Waals surface area contributed by atoms with Gasteiger partial charge in [-0.1, -0.05) is 68.9 Å². The van der Waals surface area contributed by atoms with Crippen molar-refractivity contribution in [3.8, 4) is 0 Å². The highest BCUT2D eigenvalue weighted by atomic mass is 16.4. The van der Waals surface area contributed by atoms with Crippen molar-refractivity contribution in [2.75, 3.05) is 0 Å². The Morgan fingerprint density at radius 2 is 1.67 bits per heavy atom. The predicted octanol–water partition coefficient (Wildman–Crippen LogP) is 5.68. The molecule has 0 aromatic carbocycles. The van der Waals surface area contributed by atoms with Crippen molar-refractivity contribution in [1.29, 1.82) is 0 Å². The van der Waals surface area contributed by atoms with E-state index in [0.717, 1.165) is 32.1 Å². The fourth-order valence-corrected chi connectivity index (χ4v) is 1.65. The Morgan fingerprint density at radius 3 is 2.33 bits per heavy atom. The molecule has 0 aromatic rings. The summed E-state index contributed by atoms with van der Waals surface area (Å²) >= 11 is 0. The van der Waals surface area contributed by atoms with E-state index >= 15 is 0 Å². The van der Waals surface area contributed by atoms with Crippen molar-refractivity contribution in [3.05, 3.63) is 48.6 Å². The predicted molar refractivity (Wildman–Crippen MR) is 91.4 cm³/mol. The number of carboxylic acid groups (broad SMARTS) is 1. The Hall–Kier alpha value is -1.57. The van der Waals surface area contributed by atoms with E-state index in [1.165, 1.54) is 6.42 Å². The van der Waals surface area contributed by atoms with E-state index in [2.05, 4.69) is 62.5 Å². The van der Waals surface area contributed by atoms with Crippen LogP contribution in [0.2, 0.25) is 0 Å². The van der Waals surface area contributed by atoms with Crippen LogP contribution in [0.1, 0.15) is 58.8 Å². The molecule has 0 bridgehead atoms. The first kappa shape index (κ1) is 19.4. The number of hydrogen-bond acceptors (Lipinski definition) is 1. The topological polar surface area (TPSA) is 37.3 Å². The van der Waals surface area contributed by atoms with E-state index in [0.29, 0.717) is 5.92 Å². The second kappa shape index (κ2) is 14.8. The van der Waals surface area contributed by atoms with Crippen LogP contribution in [0.15, 0.2) is 48.6 Å². The molecule has 2 nitrogen and oxygen atoms in total. The van der Waals surface area contributed by atoms with Gasteiger partial charge in [-0.05, 0) is 38.0 Å². The molecule has 2 heteroatoms. The monoisotopic (exact) mass is 290 g/mol. The minimum Gasteiger partial charge on any atom is -0.481 e. The lowest BCUT2D eigenvalue weighted by Crippen LogP contribution is -1.92. The summed E-state index contributed by atoms with van der Waals surface area (Å²) in [6.07, 6.45) is 23.3. The molecule has 0 saturated carbocycles. The molecule has 0 aromatic heterocycles. The van der Waals surface area contributed by atoms with Crippen LogP contribution in [0.5, 0.6) is 0 Å². The molecule has 21 heavy (non-hydrogen) atoms. The average molecular weight is 290 g/mol. The van der Waals surface area contributed by atoms with Gasteiger partial charge in [0.25, 0.3) is 0 Å². The van der Waals surface area contributed by atoms with Gasteiger partial charge in [0.15, 0.2) is 0 Å². The molecule has 0 rings (SSSR count). The third-order valence-corrected chi connectivity index (χ3v) is 3.22. The molecule has 1 unspecified atom stereocenters. The van der Waals surface area contributed by atoms with E-state index in [-0.39, 0.29) is 6.42 Å². The molecule has 0 aliphatic heterocycles. The Balaban J connectivity index is 3.49. The molecule has 0 amide bonds. The fourth-order valence-electron chi connectivity index (χ4n) is 1.65. The van der Waals surface area contributed by atoms with Crippen LogP contribution in [0.4, 0.5) is 0 Å². The molecule has 1 N–H and O–H groups in total. The van der Waals surface area contributed by atoms with Crippen LogP contribution < -0.4 is 0 Å². The fraction of sp³-hybridized carbons (Fsp3) is 0.526. The van der Waals surface area contributed by atoms with Gasteiger partial charge in [-0.2, -0.15) is 0 Å². The second-order valence-corrected chi connectivity index (χ2v) is 5.25. The minimum absolute atomic E-state index is 0.283. The number of unbranched alkanes of at least 4 members (excludes halogenated alkanes) is 2. The van der Waals surface area contributed by atoms with Crippen LogP contribution in [0, 0.1) is 5.92 Å². The average Bonchev–Trinajstić information content (AvgIpc) is 2.46. The number of aliphatic carboxylic acids is 1. The maximum absolute atomic E-state index is 10.3. The summed E-state index contributed by atoms with van der Waals surface area (Å²) in [5, 5.41) is 8.49. The summed E-state index contributed by atoms with van der Waals surface area (Å²) in [6.45, 7) is 4.42. The first-order valence-corrected chi connectivity index (χ1v) is 8.02. The molecule has 118 valence electrons.